The minimum atomic E-state index is -0.313. The van der Waals surface area contributed by atoms with Crippen molar-refractivity contribution in [2.75, 3.05) is 43.0 Å². The van der Waals surface area contributed by atoms with Gasteiger partial charge in [-0.05, 0) is 72.5 Å². The number of carbonyl (C=O) groups excluding carboxylic acids is 2. The van der Waals surface area contributed by atoms with Crippen LogP contribution in [0.3, 0.4) is 0 Å². The van der Waals surface area contributed by atoms with E-state index in [0.29, 0.717) is 49.1 Å². The second-order valence-electron chi connectivity index (χ2n) is 8.20. The summed E-state index contributed by atoms with van der Waals surface area (Å²) in [5.41, 5.74) is 2.04. The first-order valence-corrected chi connectivity index (χ1v) is 13.3. The third-order valence-electron chi connectivity index (χ3n) is 5.66. The summed E-state index contributed by atoms with van der Waals surface area (Å²) in [6.45, 7) is 5.32. The number of hydrogen-bond donors (Lipinski definition) is 2. The molecule has 7 nitrogen and oxygen atoms in total. The summed E-state index contributed by atoms with van der Waals surface area (Å²) in [5, 5.41) is 8.35. The molecular formula is C26H27ClN4O3S2. The van der Waals surface area contributed by atoms with Crippen molar-refractivity contribution >= 4 is 63.5 Å². The molecule has 36 heavy (non-hydrogen) atoms. The van der Waals surface area contributed by atoms with Crippen LogP contribution < -0.4 is 20.3 Å². The number of nitrogens with zero attached hydrogens (tertiary/aromatic N) is 2. The molecule has 3 aromatic rings. The van der Waals surface area contributed by atoms with Crippen molar-refractivity contribution in [2.24, 2.45) is 0 Å². The average molecular weight is 543 g/mol. The van der Waals surface area contributed by atoms with Crippen LogP contribution in [0.2, 0.25) is 5.02 Å². The highest BCUT2D eigenvalue weighted by molar-refractivity contribution is 7.80. The lowest BCUT2D eigenvalue weighted by atomic mass is 10.2. The summed E-state index contributed by atoms with van der Waals surface area (Å²) in [5.74, 6) is 0.484. The van der Waals surface area contributed by atoms with E-state index >= 15 is 0 Å². The Hall–Kier alpha value is -3.14. The van der Waals surface area contributed by atoms with E-state index < -0.39 is 0 Å². The Balaban J connectivity index is 1.29. The molecular weight excluding hydrogens is 516 g/mol. The molecule has 1 aliphatic rings. The summed E-state index contributed by atoms with van der Waals surface area (Å²) < 4.78 is 5.54. The predicted octanol–water partition coefficient (Wildman–Crippen LogP) is 5.28. The van der Waals surface area contributed by atoms with E-state index in [1.54, 1.807) is 30.3 Å². The normalized spacial score (nSPS) is 13.3. The van der Waals surface area contributed by atoms with E-state index in [9.17, 15) is 9.59 Å². The Labute approximate surface area is 225 Å². The fourth-order valence-electron chi connectivity index (χ4n) is 3.81. The van der Waals surface area contributed by atoms with E-state index in [1.165, 1.54) is 11.3 Å². The molecule has 4 rings (SSSR count). The Morgan fingerprint density at radius 2 is 1.83 bits per heavy atom. The number of hydrogen-bond acceptors (Lipinski definition) is 6. The number of halogens is 1. The second-order valence-corrected chi connectivity index (χ2v) is 9.97. The number of thiophene rings is 1. The maximum absolute atomic E-state index is 12.6. The lowest BCUT2D eigenvalue weighted by Crippen LogP contribution is -2.48. The Bertz CT molecular complexity index is 1210. The highest BCUT2D eigenvalue weighted by Crippen LogP contribution is 2.30. The second kappa shape index (κ2) is 12.2. The molecule has 188 valence electrons. The molecule has 0 radical (unpaired) electrons. The molecule has 10 heteroatoms. The van der Waals surface area contributed by atoms with Gasteiger partial charge in [-0.3, -0.25) is 14.9 Å². The van der Waals surface area contributed by atoms with Crippen molar-refractivity contribution in [3.05, 3.63) is 75.4 Å². The van der Waals surface area contributed by atoms with Crippen LogP contribution in [0.1, 0.15) is 33.4 Å². The van der Waals surface area contributed by atoms with Crippen molar-refractivity contribution in [3.8, 4) is 5.75 Å². The van der Waals surface area contributed by atoms with Crippen molar-refractivity contribution in [2.45, 2.75) is 13.3 Å². The first kappa shape index (κ1) is 25.9. The van der Waals surface area contributed by atoms with Gasteiger partial charge in [0.25, 0.3) is 11.8 Å². The third kappa shape index (κ3) is 6.54. The van der Waals surface area contributed by atoms with Crippen molar-refractivity contribution in [3.63, 3.8) is 0 Å². The van der Waals surface area contributed by atoms with Crippen LogP contribution in [-0.4, -0.2) is 54.6 Å². The van der Waals surface area contributed by atoms with Crippen LogP contribution in [0.25, 0.3) is 0 Å². The van der Waals surface area contributed by atoms with E-state index in [4.69, 9.17) is 28.6 Å². The quantitative estimate of drug-likeness (QED) is 0.396. The fourth-order valence-corrected chi connectivity index (χ4v) is 5.01. The van der Waals surface area contributed by atoms with Crippen LogP contribution in [0.4, 0.5) is 11.4 Å². The number of anilines is 2. The molecule has 2 aromatic carbocycles. The van der Waals surface area contributed by atoms with Crippen molar-refractivity contribution in [1.29, 1.82) is 0 Å². The van der Waals surface area contributed by atoms with Gasteiger partial charge in [0.05, 0.1) is 22.2 Å². The maximum atomic E-state index is 12.6. The molecule has 0 aliphatic carbocycles. The molecule has 1 saturated heterocycles. The van der Waals surface area contributed by atoms with Gasteiger partial charge in [-0.1, -0.05) is 24.6 Å². The van der Waals surface area contributed by atoms with Gasteiger partial charge in [-0.2, -0.15) is 0 Å². The monoisotopic (exact) mass is 542 g/mol. The van der Waals surface area contributed by atoms with E-state index in [2.05, 4.69) is 15.5 Å². The highest BCUT2D eigenvalue weighted by Gasteiger charge is 2.24. The molecule has 1 aliphatic heterocycles. The number of thiocarbonyl (C=S) groups is 1. The molecule has 2 N–H and O–H groups in total. The van der Waals surface area contributed by atoms with Crippen LogP contribution in [0.5, 0.6) is 5.75 Å². The van der Waals surface area contributed by atoms with Crippen LogP contribution in [-0.2, 0) is 0 Å². The number of nitrogens with one attached hydrogen (secondary N) is 2. The standard InChI is InChI=1S/C26H27ClN4O3S2/c1-2-15-34-20-8-5-18(6-9-20)24(32)29-26(35)28-19-7-10-22(21(27)17-19)30-11-13-31(14-12-30)25(33)23-4-3-16-36-23/h3-10,16-17H,2,11-15H2,1H3,(H2,28,29,32,35). The molecule has 0 spiro atoms. The number of ether oxygens (including phenoxy) is 1. The first-order valence-electron chi connectivity index (χ1n) is 11.7. The average Bonchev–Trinajstić information content (AvgIpc) is 3.43. The molecule has 0 bridgehead atoms. The highest BCUT2D eigenvalue weighted by atomic mass is 35.5. The van der Waals surface area contributed by atoms with Gasteiger partial charge < -0.3 is 19.9 Å². The molecule has 0 atom stereocenters. The van der Waals surface area contributed by atoms with E-state index in [-0.39, 0.29) is 16.9 Å². The molecule has 1 aromatic heterocycles. The fraction of sp³-hybridized carbons (Fsp3) is 0.269. The third-order valence-corrected chi connectivity index (χ3v) is 7.03. The Kier molecular flexibility index (Phi) is 8.79. The predicted molar refractivity (Wildman–Crippen MR) is 150 cm³/mol. The van der Waals surface area contributed by atoms with E-state index in [0.717, 1.165) is 22.7 Å². The first-order chi connectivity index (χ1) is 17.4. The molecule has 2 amide bonds. The Morgan fingerprint density at radius 1 is 1.08 bits per heavy atom. The number of piperazine rings is 1. The zero-order chi connectivity index (χ0) is 25.5. The summed E-state index contributed by atoms with van der Waals surface area (Å²) in [4.78, 5) is 29.9. The topological polar surface area (TPSA) is 73.9 Å². The van der Waals surface area contributed by atoms with Gasteiger partial charge in [0.15, 0.2) is 5.11 Å². The van der Waals surface area contributed by atoms with Gasteiger partial charge >= 0.3 is 0 Å². The molecule has 2 heterocycles. The van der Waals surface area contributed by atoms with Crippen LogP contribution >= 0.6 is 35.2 Å². The molecule has 0 unspecified atom stereocenters. The summed E-state index contributed by atoms with van der Waals surface area (Å²) in [6.07, 6.45) is 0.917. The minimum absolute atomic E-state index is 0.0756. The van der Waals surface area contributed by atoms with E-state index in [1.807, 2.05) is 41.5 Å². The zero-order valence-corrected chi connectivity index (χ0v) is 22.2. The zero-order valence-electron chi connectivity index (χ0n) is 19.8. The summed E-state index contributed by atoms with van der Waals surface area (Å²) in [6, 6.07) is 16.2. The molecule has 0 saturated carbocycles. The number of amides is 2. The minimum Gasteiger partial charge on any atom is -0.494 e. The van der Waals surface area contributed by atoms with Crippen molar-refractivity contribution < 1.29 is 14.3 Å². The number of rotatable bonds is 7. The lowest BCUT2D eigenvalue weighted by molar-refractivity contribution is 0.0751. The number of benzene rings is 2. The smallest absolute Gasteiger partial charge is 0.264 e. The van der Waals surface area contributed by atoms with Gasteiger partial charge in [-0.25, -0.2) is 0 Å². The van der Waals surface area contributed by atoms with Gasteiger partial charge in [0.2, 0.25) is 0 Å². The largest absolute Gasteiger partial charge is 0.494 e. The Morgan fingerprint density at radius 3 is 2.47 bits per heavy atom. The summed E-state index contributed by atoms with van der Waals surface area (Å²) >= 11 is 13.3. The van der Waals surface area contributed by atoms with Gasteiger partial charge in [0, 0.05) is 37.4 Å². The maximum Gasteiger partial charge on any atom is 0.264 e. The van der Waals surface area contributed by atoms with Crippen molar-refractivity contribution in [1.82, 2.24) is 10.2 Å². The summed E-state index contributed by atoms with van der Waals surface area (Å²) in [7, 11) is 0. The lowest BCUT2D eigenvalue weighted by Gasteiger charge is -2.36. The van der Waals surface area contributed by atoms with Crippen LogP contribution in [0, 0.1) is 0 Å². The SMILES string of the molecule is CCCOc1ccc(C(=O)NC(=S)Nc2ccc(N3CCN(C(=O)c4cccs4)CC3)c(Cl)c2)cc1. The van der Waals surface area contributed by atoms with Gasteiger partial charge in [-0.15, -0.1) is 11.3 Å². The number of carbonyl (C=O) groups is 2. The van der Waals surface area contributed by atoms with Crippen LogP contribution in [0.15, 0.2) is 60.0 Å². The van der Waals surface area contributed by atoms with Gasteiger partial charge in [0.1, 0.15) is 5.75 Å². The molecule has 1 fully saturated rings.